The smallest absolute Gasteiger partial charge is 0.161 e. The zero-order chi connectivity index (χ0) is 15.8. The van der Waals surface area contributed by atoms with E-state index in [2.05, 4.69) is 32.9 Å². The van der Waals surface area contributed by atoms with E-state index in [1.165, 1.54) is 0 Å². The van der Waals surface area contributed by atoms with E-state index in [1.54, 1.807) is 21.3 Å². The first kappa shape index (κ1) is 17.6. The molecule has 0 radical (unpaired) electrons. The van der Waals surface area contributed by atoms with Crippen LogP contribution in [-0.2, 0) is 4.74 Å². The molecule has 1 rings (SSSR count). The van der Waals surface area contributed by atoms with E-state index in [0.717, 1.165) is 23.5 Å². The first-order chi connectivity index (χ1) is 10.1. The summed E-state index contributed by atoms with van der Waals surface area (Å²) in [7, 11) is 5.06. The number of hydrogen-bond donors (Lipinski definition) is 0. The molecule has 0 fully saturated rings. The Kier molecular flexibility index (Phi) is 7.30. The SMILES string of the molecule is C/C=C/[C@H](C)C[C@H](C)[C@H](OC)c1ccc(OC)c(OC)c1. The van der Waals surface area contributed by atoms with Gasteiger partial charge in [-0.25, -0.2) is 0 Å². The van der Waals surface area contributed by atoms with Crippen molar-refractivity contribution in [3.8, 4) is 11.5 Å². The predicted octanol–water partition coefficient (Wildman–Crippen LogP) is 4.63. The minimum atomic E-state index is 0.0533. The van der Waals surface area contributed by atoms with Crippen LogP contribution in [0.3, 0.4) is 0 Å². The van der Waals surface area contributed by atoms with Gasteiger partial charge in [0.2, 0.25) is 0 Å². The fraction of sp³-hybridized carbons (Fsp3) is 0.556. The van der Waals surface area contributed by atoms with Crippen molar-refractivity contribution < 1.29 is 14.2 Å². The minimum absolute atomic E-state index is 0.0533. The molecule has 3 heteroatoms. The molecule has 1 aromatic rings. The standard InChI is InChI=1S/C18H28O3/c1-7-8-13(2)11-14(3)18(21-6)15-9-10-16(19-4)17(12-15)20-5/h7-10,12-14,18H,11H2,1-6H3/b8-7+/t13-,14-,18-/m0/s1. The third kappa shape index (κ3) is 4.78. The van der Waals surface area contributed by atoms with Gasteiger partial charge < -0.3 is 14.2 Å². The number of methoxy groups -OCH3 is 3. The molecule has 0 aliphatic rings. The Labute approximate surface area is 128 Å². The molecule has 3 atom stereocenters. The van der Waals surface area contributed by atoms with Gasteiger partial charge in [0.15, 0.2) is 11.5 Å². The zero-order valence-electron chi connectivity index (χ0n) is 14.1. The third-order valence-electron chi connectivity index (χ3n) is 3.77. The van der Waals surface area contributed by atoms with Crippen LogP contribution in [0.1, 0.15) is 38.9 Å². The number of rotatable bonds is 8. The van der Waals surface area contributed by atoms with Crippen molar-refractivity contribution in [1.82, 2.24) is 0 Å². The number of ether oxygens (including phenoxy) is 3. The highest BCUT2D eigenvalue weighted by Crippen LogP contribution is 2.35. The van der Waals surface area contributed by atoms with Crippen LogP contribution in [0.4, 0.5) is 0 Å². The van der Waals surface area contributed by atoms with Crippen molar-refractivity contribution in [2.24, 2.45) is 11.8 Å². The van der Waals surface area contributed by atoms with Crippen molar-refractivity contribution in [1.29, 1.82) is 0 Å². The fourth-order valence-electron chi connectivity index (χ4n) is 2.84. The van der Waals surface area contributed by atoms with Gasteiger partial charge in [0.25, 0.3) is 0 Å². The van der Waals surface area contributed by atoms with E-state index in [9.17, 15) is 0 Å². The molecule has 0 saturated heterocycles. The third-order valence-corrected chi connectivity index (χ3v) is 3.77. The average Bonchev–Trinajstić information content (AvgIpc) is 2.47. The van der Waals surface area contributed by atoms with Crippen LogP contribution in [0.5, 0.6) is 11.5 Å². The normalized spacial score (nSPS) is 15.7. The maximum absolute atomic E-state index is 5.73. The highest BCUT2D eigenvalue weighted by atomic mass is 16.5. The molecule has 0 aromatic heterocycles. The van der Waals surface area contributed by atoms with Crippen LogP contribution in [0.25, 0.3) is 0 Å². The van der Waals surface area contributed by atoms with Gasteiger partial charge in [0, 0.05) is 7.11 Å². The van der Waals surface area contributed by atoms with Crippen LogP contribution in [0.15, 0.2) is 30.4 Å². The van der Waals surface area contributed by atoms with Crippen LogP contribution in [0, 0.1) is 11.8 Å². The Morgan fingerprint density at radius 2 is 1.71 bits per heavy atom. The Balaban J connectivity index is 2.93. The number of benzene rings is 1. The van der Waals surface area contributed by atoms with Gasteiger partial charge in [-0.05, 0) is 42.9 Å². The highest BCUT2D eigenvalue weighted by molar-refractivity contribution is 5.43. The lowest BCUT2D eigenvalue weighted by molar-refractivity contribution is 0.0509. The quantitative estimate of drug-likeness (QED) is 0.654. The lowest BCUT2D eigenvalue weighted by atomic mass is 9.88. The summed E-state index contributed by atoms with van der Waals surface area (Å²) in [4.78, 5) is 0. The van der Waals surface area contributed by atoms with E-state index >= 15 is 0 Å². The molecule has 0 heterocycles. The van der Waals surface area contributed by atoms with Crippen molar-refractivity contribution in [2.45, 2.75) is 33.3 Å². The van der Waals surface area contributed by atoms with Crippen molar-refractivity contribution in [2.75, 3.05) is 21.3 Å². The largest absolute Gasteiger partial charge is 0.493 e. The zero-order valence-corrected chi connectivity index (χ0v) is 14.1. The molecule has 0 N–H and O–H groups in total. The lowest BCUT2D eigenvalue weighted by Gasteiger charge is -2.25. The Morgan fingerprint density at radius 3 is 2.24 bits per heavy atom. The summed E-state index contributed by atoms with van der Waals surface area (Å²) in [5, 5.41) is 0. The number of allylic oxidation sites excluding steroid dienone is 2. The summed E-state index contributed by atoms with van der Waals surface area (Å²) < 4.78 is 16.4. The predicted molar refractivity (Wildman–Crippen MR) is 87.1 cm³/mol. The lowest BCUT2D eigenvalue weighted by Crippen LogP contribution is -2.14. The van der Waals surface area contributed by atoms with E-state index in [1.807, 2.05) is 18.2 Å². The molecular weight excluding hydrogens is 264 g/mol. The van der Waals surface area contributed by atoms with Gasteiger partial charge in [-0.2, -0.15) is 0 Å². The molecule has 118 valence electrons. The topological polar surface area (TPSA) is 27.7 Å². The summed E-state index contributed by atoms with van der Waals surface area (Å²) in [6, 6.07) is 5.98. The second kappa shape index (κ2) is 8.73. The number of hydrogen-bond acceptors (Lipinski definition) is 3. The molecule has 1 aromatic carbocycles. The molecule has 0 bridgehead atoms. The van der Waals surface area contributed by atoms with E-state index in [4.69, 9.17) is 14.2 Å². The molecule has 21 heavy (non-hydrogen) atoms. The van der Waals surface area contributed by atoms with Crippen LogP contribution >= 0.6 is 0 Å². The van der Waals surface area contributed by atoms with Gasteiger partial charge in [-0.15, -0.1) is 0 Å². The Bertz CT molecular complexity index is 454. The van der Waals surface area contributed by atoms with Gasteiger partial charge in [-0.3, -0.25) is 0 Å². The van der Waals surface area contributed by atoms with Gasteiger partial charge in [0.1, 0.15) is 0 Å². The van der Waals surface area contributed by atoms with E-state index < -0.39 is 0 Å². The molecule has 3 nitrogen and oxygen atoms in total. The molecule has 0 spiro atoms. The second-order valence-corrected chi connectivity index (χ2v) is 5.49. The summed E-state index contributed by atoms with van der Waals surface area (Å²) in [6.07, 6.45) is 5.47. The highest BCUT2D eigenvalue weighted by Gasteiger charge is 2.21. The first-order valence-corrected chi connectivity index (χ1v) is 7.44. The molecule has 0 aliphatic carbocycles. The van der Waals surface area contributed by atoms with Crippen LogP contribution in [0.2, 0.25) is 0 Å². The summed E-state index contributed by atoms with van der Waals surface area (Å²) in [5.74, 6) is 2.44. The molecular formula is C18H28O3. The summed E-state index contributed by atoms with van der Waals surface area (Å²) in [6.45, 7) is 6.52. The molecule has 0 amide bonds. The summed E-state index contributed by atoms with van der Waals surface area (Å²) in [5.41, 5.74) is 1.12. The van der Waals surface area contributed by atoms with E-state index in [0.29, 0.717) is 11.8 Å². The first-order valence-electron chi connectivity index (χ1n) is 7.44. The maximum Gasteiger partial charge on any atom is 0.161 e. The van der Waals surface area contributed by atoms with Crippen LogP contribution < -0.4 is 9.47 Å². The van der Waals surface area contributed by atoms with Crippen molar-refractivity contribution in [3.05, 3.63) is 35.9 Å². The summed E-state index contributed by atoms with van der Waals surface area (Å²) >= 11 is 0. The van der Waals surface area contributed by atoms with Gasteiger partial charge >= 0.3 is 0 Å². The van der Waals surface area contributed by atoms with E-state index in [-0.39, 0.29) is 6.10 Å². The maximum atomic E-state index is 5.73. The molecule has 0 saturated carbocycles. The van der Waals surface area contributed by atoms with Crippen molar-refractivity contribution >= 4 is 0 Å². The Hall–Kier alpha value is -1.48. The second-order valence-electron chi connectivity index (χ2n) is 5.49. The average molecular weight is 292 g/mol. The van der Waals surface area contributed by atoms with Gasteiger partial charge in [0.05, 0.1) is 20.3 Å². The van der Waals surface area contributed by atoms with Gasteiger partial charge in [-0.1, -0.05) is 32.1 Å². The monoisotopic (exact) mass is 292 g/mol. The minimum Gasteiger partial charge on any atom is -0.493 e. The van der Waals surface area contributed by atoms with Crippen LogP contribution in [-0.4, -0.2) is 21.3 Å². The van der Waals surface area contributed by atoms with Crippen molar-refractivity contribution in [3.63, 3.8) is 0 Å². The molecule has 0 unspecified atom stereocenters. The Morgan fingerprint density at radius 1 is 1.05 bits per heavy atom. The fourth-order valence-corrected chi connectivity index (χ4v) is 2.84. The molecule has 0 aliphatic heterocycles.